The molecule has 3 aromatic rings. The predicted molar refractivity (Wildman–Crippen MR) is 135 cm³/mol. The molecule has 5 rings (SSSR count). The van der Waals surface area contributed by atoms with Gasteiger partial charge in [0.15, 0.2) is 0 Å². The highest BCUT2D eigenvalue weighted by atomic mass is 32.1. The number of hydrogen-bond acceptors (Lipinski definition) is 5. The smallest absolute Gasteiger partial charge is 0.257 e. The van der Waals surface area contributed by atoms with E-state index in [9.17, 15) is 14.4 Å². The van der Waals surface area contributed by atoms with E-state index >= 15 is 0 Å². The number of likely N-dealkylation sites (tertiary alicyclic amines) is 2. The van der Waals surface area contributed by atoms with Crippen LogP contribution in [0.3, 0.4) is 0 Å². The molecule has 2 aliphatic heterocycles. The Labute approximate surface area is 208 Å². The molecule has 0 saturated carbocycles. The van der Waals surface area contributed by atoms with E-state index in [0.717, 1.165) is 48.4 Å². The van der Waals surface area contributed by atoms with Crippen molar-refractivity contribution in [1.29, 1.82) is 0 Å². The fourth-order valence-electron chi connectivity index (χ4n) is 4.88. The Kier molecular flexibility index (Phi) is 6.72. The van der Waals surface area contributed by atoms with Crippen molar-refractivity contribution in [3.8, 4) is 10.4 Å². The fourth-order valence-corrected chi connectivity index (χ4v) is 6.09. The van der Waals surface area contributed by atoms with Crippen molar-refractivity contribution in [2.75, 3.05) is 25.0 Å². The molecule has 2 aliphatic rings. The Hall–Kier alpha value is -3.39. The van der Waals surface area contributed by atoms with Gasteiger partial charge in [0, 0.05) is 30.9 Å². The number of anilines is 1. The van der Waals surface area contributed by atoms with Crippen molar-refractivity contribution >= 4 is 34.1 Å². The summed E-state index contributed by atoms with van der Waals surface area (Å²) >= 11 is 1.43. The van der Waals surface area contributed by atoms with Crippen LogP contribution in [0.25, 0.3) is 10.4 Å². The summed E-state index contributed by atoms with van der Waals surface area (Å²) < 4.78 is 5.36. The van der Waals surface area contributed by atoms with Gasteiger partial charge in [-0.3, -0.25) is 14.4 Å². The van der Waals surface area contributed by atoms with Crippen LogP contribution in [0.2, 0.25) is 0 Å². The van der Waals surface area contributed by atoms with Crippen LogP contribution >= 0.6 is 11.3 Å². The highest BCUT2D eigenvalue weighted by Gasteiger charge is 2.36. The Morgan fingerprint density at radius 2 is 1.86 bits per heavy atom. The molecule has 0 aliphatic carbocycles. The number of benzene rings is 1. The molecule has 0 radical (unpaired) electrons. The third-order valence-electron chi connectivity index (χ3n) is 6.79. The van der Waals surface area contributed by atoms with Gasteiger partial charge in [-0.15, -0.1) is 11.3 Å². The zero-order valence-corrected chi connectivity index (χ0v) is 20.6. The van der Waals surface area contributed by atoms with E-state index in [1.807, 2.05) is 48.2 Å². The number of furan rings is 1. The maximum Gasteiger partial charge on any atom is 0.257 e. The fraction of sp³-hybridized carbons (Fsp3) is 0.370. The van der Waals surface area contributed by atoms with E-state index in [1.54, 1.807) is 17.2 Å². The van der Waals surface area contributed by atoms with Gasteiger partial charge in [0.25, 0.3) is 5.91 Å². The lowest BCUT2D eigenvalue weighted by atomic mass is 10.0. The van der Waals surface area contributed by atoms with E-state index in [2.05, 4.69) is 5.32 Å². The SMILES string of the molecule is Cc1c(-c2ccccc2)sc(NC(=O)C2CC(=O)N(Cc3ccco3)C2)c1C(=O)N1CCCCC1. The number of nitrogens with one attached hydrogen (secondary N) is 1. The van der Waals surface area contributed by atoms with Gasteiger partial charge in [0.05, 0.1) is 24.3 Å². The lowest BCUT2D eigenvalue weighted by Crippen LogP contribution is -2.36. The molecule has 182 valence electrons. The summed E-state index contributed by atoms with van der Waals surface area (Å²) in [6.07, 6.45) is 4.85. The molecule has 2 aromatic heterocycles. The summed E-state index contributed by atoms with van der Waals surface area (Å²) in [4.78, 5) is 43.9. The summed E-state index contributed by atoms with van der Waals surface area (Å²) in [5.74, 6) is -0.113. The van der Waals surface area contributed by atoms with Gasteiger partial charge in [0.1, 0.15) is 10.8 Å². The van der Waals surface area contributed by atoms with Gasteiger partial charge in [0.2, 0.25) is 11.8 Å². The van der Waals surface area contributed by atoms with E-state index in [0.29, 0.717) is 29.4 Å². The first-order valence-electron chi connectivity index (χ1n) is 12.1. The lowest BCUT2D eigenvalue weighted by Gasteiger charge is -2.27. The summed E-state index contributed by atoms with van der Waals surface area (Å²) in [6, 6.07) is 13.5. The van der Waals surface area contributed by atoms with Crippen LogP contribution in [0.1, 0.15) is 47.4 Å². The Morgan fingerprint density at radius 1 is 1.09 bits per heavy atom. The maximum atomic E-state index is 13.6. The van der Waals surface area contributed by atoms with Crippen LogP contribution in [-0.4, -0.2) is 47.2 Å². The van der Waals surface area contributed by atoms with E-state index in [-0.39, 0.29) is 24.1 Å². The summed E-state index contributed by atoms with van der Waals surface area (Å²) in [5.41, 5.74) is 2.47. The van der Waals surface area contributed by atoms with Crippen LogP contribution in [0.4, 0.5) is 5.00 Å². The third kappa shape index (κ3) is 4.89. The van der Waals surface area contributed by atoms with E-state index < -0.39 is 5.92 Å². The molecule has 7 nitrogen and oxygen atoms in total. The number of carbonyl (C=O) groups excluding carboxylic acids is 3. The first-order chi connectivity index (χ1) is 17.0. The average molecular weight is 492 g/mol. The Bertz CT molecular complexity index is 1210. The molecular weight excluding hydrogens is 462 g/mol. The Morgan fingerprint density at radius 3 is 2.57 bits per heavy atom. The minimum atomic E-state index is -0.474. The van der Waals surface area contributed by atoms with Crippen LogP contribution < -0.4 is 5.32 Å². The normalized spacial score (nSPS) is 18.2. The van der Waals surface area contributed by atoms with Gasteiger partial charge >= 0.3 is 0 Å². The second kappa shape index (κ2) is 10.1. The van der Waals surface area contributed by atoms with Crippen LogP contribution in [0.15, 0.2) is 53.1 Å². The maximum absolute atomic E-state index is 13.6. The number of nitrogens with zero attached hydrogens (tertiary/aromatic N) is 2. The average Bonchev–Trinajstić information content (AvgIpc) is 3.60. The van der Waals surface area contributed by atoms with Crippen LogP contribution in [0, 0.1) is 12.8 Å². The zero-order chi connectivity index (χ0) is 24.4. The number of thiophene rings is 1. The molecule has 0 bridgehead atoms. The standard InChI is InChI=1S/C27H29N3O4S/c1-18-23(27(33)29-12-6-3-7-13-29)26(35-24(18)19-9-4-2-5-10-19)28-25(32)20-15-22(31)30(16-20)17-21-11-8-14-34-21/h2,4-5,8-11,14,20H,3,6-7,12-13,15-17H2,1H3,(H,28,32). The first-order valence-corrected chi connectivity index (χ1v) is 12.9. The van der Waals surface area contributed by atoms with Crippen molar-refractivity contribution < 1.29 is 18.8 Å². The largest absolute Gasteiger partial charge is 0.467 e. The minimum absolute atomic E-state index is 0.0297. The molecule has 2 fully saturated rings. The van der Waals surface area contributed by atoms with Crippen molar-refractivity contribution in [2.24, 2.45) is 5.92 Å². The second-order valence-electron chi connectivity index (χ2n) is 9.22. The van der Waals surface area contributed by atoms with Crippen LogP contribution in [-0.2, 0) is 16.1 Å². The first kappa shape index (κ1) is 23.4. The number of carbonyl (C=O) groups is 3. The van der Waals surface area contributed by atoms with Gasteiger partial charge in [-0.25, -0.2) is 0 Å². The summed E-state index contributed by atoms with van der Waals surface area (Å²) in [5, 5.41) is 3.60. The van der Waals surface area contributed by atoms with Gasteiger partial charge < -0.3 is 19.5 Å². The van der Waals surface area contributed by atoms with Crippen molar-refractivity contribution in [2.45, 2.75) is 39.2 Å². The van der Waals surface area contributed by atoms with Crippen molar-refractivity contribution in [1.82, 2.24) is 9.80 Å². The molecule has 1 N–H and O–H groups in total. The minimum Gasteiger partial charge on any atom is -0.467 e. The lowest BCUT2D eigenvalue weighted by molar-refractivity contribution is -0.128. The summed E-state index contributed by atoms with van der Waals surface area (Å²) in [7, 11) is 0. The number of amides is 3. The van der Waals surface area contributed by atoms with Crippen molar-refractivity contribution in [3.63, 3.8) is 0 Å². The number of rotatable bonds is 6. The third-order valence-corrected chi connectivity index (χ3v) is 8.05. The van der Waals surface area contributed by atoms with E-state index in [1.165, 1.54) is 11.3 Å². The topological polar surface area (TPSA) is 82.9 Å². The zero-order valence-electron chi connectivity index (χ0n) is 19.8. The van der Waals surface area contributed by atoms with Gasteiger partial charge in [-0.1, -0.05) is 30.3 Å². The Balaban J connectivity index is 1.39. The summed E-state index contributed by atoms with van der Waals surface area (Å²) in [6.45, 7) is 4.11. The van der Waals surface area contributed by atoms with Crippen molar-refractivity contribution in [3.05, 3.63) is 65.6 Å². The van der Waals surface area contributed by atoms with Gasteiger partial charge in [-0.05, 0) is 49.4 Å². The molecular formula is C27H29N3O4S. The molecule has 8 heteroatoms. The molecule has 2 saturated heterocycles. The quantitative estimate of drug-likeness (QED) is 0.530. The molecule has 4 heterocycles. The van der Waals surface area contributed by atoms with Gasteiger partial charge in [-0.2, -0.15) is 0 Å². The second-order valence-corrected chi connectivity index (χ2v) is 10.2. The molecule has 0 spiro atoms. The van der Waals surface area contributed by atoms with E-state index in [4.69, 9.17) is 4.42 Å². The molecule has 3 amide bonds. The predicted octanol–water partition coefficient (Wildman–Crippen LogP) is 4.93. The molecule has 1 aromatic carbocycles. The van der Waals surface area contributed by atoms with Crippen LogP contribution in [0.5, 0.6) is 0 Å². The number of hydrogen-bond donors (Lipinski definition) is 1. The molecule has 1 atom stereocenters. The molecule has 1 unspecified atom stereocenters. The number of piperidine rings is 1. The monoisotopic (exact) mass is 491 g/mol. The highest BCUT2D eigenvalue weighted by molar-refractivity contribution is 7.20. The molecule has 35 heavy (non-hydrogen) atoms. The highest BCUT2D eigenvalue weighted by Crippen LogP contribution is 2.41.